The van der Waals surface area contributed by atoms with Gasteiger partial charge in [0.15, 0.2) is 6.10 Å². The predicted octanol–water partition coefficient (Wildman–Crippen LogP) is 21.5. The van der Waals surface area contributed by atoms with Crippen molar-refractivity contribution >= 4 is 17.9 Å². The maximum Gasteiger partial charge on any atom is 0.306 e. The molecule has 0 amide bonds. The lowest BCUT2D eigenvalue weighted by molar-refractivity contribution is -0.167. The highest BCUT2D eigenvalue weighted by Crippen LogP contribution is 2.14. The van der Waals surface area contributed by atoms with Crippen LogP contribution in [0.4, 0.5) is 0 Å². The fourth-order valence-electron chi connectivity index (χ4n) is 8.21. The van der Waals surface area contributed by atoms with E-state index in [2.05, 4.69) is 167 Å². The molecule has 0 rings (SSSR count). The fourth-order valence-corrected chi connectivity index (χ4v) is 8.21. The first-order valence-corrected chi connectivity index (χ1v) is 31.3. The topological polar surface area (TPSA) is 78.9 Å². The van der Waals surface area contributed by atoms with Crippen molar-refractivity contribution in [2.75, 3.05) is 13.2 Å². The SMILES string of the molecule is CC/C=C\C/C=C\C/C=C\C/C=C\C/C=C\C/C=C\C/C=C\C/C=C\C/C=C\CCCCCCCC(=O)OCC(COC(=O)CCCCCCCCCCC)OC(=O)CCCCCCCCC/C=C\C/C=C\C/C=C\CC. The first-order chi connectivity index (χ1) is 38.0. The largest absolute Gasteiger partial charge is 0.462 e. The third-order valence-electron chi connectivity index (χ3n) is 12.8. The molecule has 0 aromatic carbocycles. The predicted molar refractivity (Wildman–Crippen MR) is 334 cm³/mol. The molecule has 434 valence electrons. The molecule has 0 aliphatic heterocycles. The lowest BCUT2D eigenvalue weighted by Gasteiger charge is -2.18. The summed E-state index contributed by atoms with van der Waals surface area (Å²) in [4.78, 5) is 38.1. The molecule has 0 aromatic heterocycles. The van der Waals surface area contributed by atoms with Gasteiger partial charge in [0.1, 0.15) is 13.2 Å². The fraction of sp³-hybridized carbons (Fsp3) is 0.620. The van der Waals surface area contributed by atoms with Gasteiger partial charge in [0.2, 0.25) is 0 Å². The number of esters is 3. The van der Waals surface area contributed by atoms with E-state index in [1.165, 1.54) is 64.2 Å². The van der Waals surface area contributed by atoms with E-state index in [1.807, 2.05) is 0 Å². The summed E-state index contributed by atoms with van der Waals surface area (Å²) in [6.07, 6.45) is 91.4. The molecule has 0 saturated carbocycles. The Morgan fingerprint density at radius 2 is 0.506 bits per heavy atom. The minimum atomic E-state index is -0.795. The van der Waals surface area contributed by atoms with Gasteiger partial charge in [-0.2, -0.15) is 0 Å². The molecule has 6 nitrogen and oxygen atoms in total. The molecule has 77 heavy (non-hydrogen) atoms. The number of carbonyl (C=O) groups is 3. The number of hydrogen-bond acceptors (Lipinski definition) is 6. The zero-order chi connectivity index (χ0) is 55.7. The molecule has 0 saturated heterocycles. The average molecular weight is 1060 g/mol. The Morgan fingerprint density at radius 3 is 0.792 bits per heavy atom. The molecule has 0 aromatic rings. The van der Waals surface area contributed by atoms with Gasteiger partial charge >= 0.3 is 17.9 Å². The Hall–Kier alpha value is -4.71. The second-order valence-corrected chi connectivity index (χ2v) is 20.2. The van der Waals surface area contributed by atoms with E-state index in [-0.39, 0.29) is 31.1 Å². The second kappa shape index (κ2) is 63.8. The monoisotopic (exact) mass is 1060 g/mol. The van der Waals surface area contributed by atoms with Crippen molar-refractivity contribution in [1.29, 1.82) is 0 Å². The molecule has 0 bridgehead atoms. The lowest BCUT2D eigenvalue weighted by Crippen LogP contribution is -2.30. The number of hydrogen-bond donors (Lipinski definition) is 0. The van der Waals surface area contributed by atoms with E-state index < -0.39 is 6.10 Å². The van der Waals surface area contributed by atoms with Crippen LogP contribution < -0.4 is 0 Å². The van der Waals surface area contributed by atoms with Gasteiger partial charge in [0.05, 0.1) is 0 Å². The maximum atomic E-state index is 12.9. The van der Waals surface area contributed by atoms with Crippen molar-refractivity contribution in [2.45, 2.75) is 271 Å². The van der Waals surface area contributed by atoms with Crippen LogP contribution in [0.1, 0.15) is 265 Å². The highest BCUT2D eigenvalue weighted by molar-refractivity contribution is 5.71. The van der Waals surface area contributed by atoms with Crippen LogP contribution in [0.15, 0.2) is 146 Å². The summed E-state index contributed by atoms with van der Waals surface area (Å²) >= 11 is 0. The van der Waals surface area contributed by atoms with Crippen molar-refractivity contribution in [3.63, 3.8) is 0 Å². The van der Waals surface area contributed by atoms with Crippen LogP contribution in [-0.2, 0) is 28.6 Å². The standard InChI is InChI=1S/C71H114O6/c1-4-7-10-13-16-19-21-23-25-27-28-29-30-31-32-33-34-35-36-37-38-39-40-41-42-44-45-47-49-52-55-58-61-64-70(73)76-67-68(66-75-69(72)63-60-57-54-51-18-15-12-9-6-3)77-71(74)65-62-59-56-53-50-48-46-43-26-24-22-20-17-14-11-8-5-2/h7-8,10-11,16-17,19-20,23-26,28-29,31-32,34-35,37-38,40-41,44-45,68H,4-6,9,12-15,18,21-22,27,30,33,36,39,42-43,46-67H2,1-3H3/b10-7-,11-8-,19-16-,20-17-,25-23-,26-24-,29-28-,32-31-,35-34-,38-37-,41-40-,45-44-. The molecular weight excluding hydrogens is 949 g/mol. The highest BCUT2D eigenvalue weighted by atomic mass is 16.6. The molecule has 1 atom stereocenters. The van der Waals surface area contributed by atoms with Gasteiger partial charge in [-0.3, -0.25) is 14.4 Å². The van der Waals surface area contributed by atoms with Crippen LogP contribution in [0.5, 0.6) is 0 Å². The number of rotatable bonds is 55. The second-order valence-electron chi connectivity index (χ2n) is 20.2. The number of ether oxygens (including phenoxy) is 3. The van der Waals surface area contributed by atoms with Crippen molar-refractivity contribution < 1.29 is 28.6 Å². The van der Waals surface area contributed by atoms with Gasteiger partial charge in [-0.05, 0) is 122 Å². The molecule has 0 spiro atoms. The summed E-state index contributed by atoms with van der Waals surface area (Å²) in [7, 11) is 0. The van der Waals surface area contributed by atoms with Crippen LogP contribution in [0.2, 0.25) is 0 Å². The van der Waals surface area contributed by atoms with E-state index in [4.69, 9.17) is 14.2 Å². The Kier molecular flexibility index (Phi) is 59.9. The van der Waals surface area contributed by atoms with Gasteiger partial charge in [-0.15, -0.1) is 0 Å². The summed E-state index contributed by atoms with van der Waals surface area (Å²) in [6.45, 7) is 6.37. The van der Waals surface area contributed by atoms with Crippen LogP contribution in [0.25, 0.3) is 0 Å². The Bertz CT molecular complexity index is 1700. The first-order valence-electron chi connectivity index (χ1n) is 31.3. The molecular formula is C71H114O6. The zero-order valence-corrected chi connectivity index (χ0v) is 49.7. The minimum Gasteiger partial charge on any atom is -0.462 e. The summed E-state index contributed by atoms with van der Waals surface area (Å²) in [5.74, 6) is -0.926. The molecule has 0 radical (unpaired) electrons. The molecule has 0 heterocycles. The van der Waals surface area contributed by atoms with Crippen LogP contribution in [0, 0.1) is 0 Å². The number of unbranched alkanes of at least 4 members (excludes halogenated alkanes) is 20. The van der Waals surface area contributed by atoms with E-state index in [0.29, 0.717) is 19.3 Å². The quantitative estimate of drug-likeness (QED) is 0.0261. The summed E-state index contributed by atoms with van der Waals surface area (Å²) in [6, 6.07) is 0. The van der Waals surface area contributed by atoms with Gasteiger partial charge < -0.3 is 14.2 Å². The molecule has 6 heteroatoms. The Labute approximate surface area is 474 Å². The normalized spacial score (nSPS) is 13.1. The third kappa shape index (κ3) is 62.0. The van der Waals surface area contributed by atoms with Crippen LogP contribution in [-0.4, -0.2) is 37.2 Å². The van der Waals surface area contributed by atoms with Crippen molar-refractivity contribution in [3.8, 4) is 0 Å². The number of allylic oxidation sites excluding steroid dienone is 24. The maximum absolute atomic E-state index is 12.9. The highest BCUT2D eigenvalue weighted by Gasteiger charge is 2.19. The van der Waals surface area contributed by atoms with Gasteiger partial charge in [0.25, 0.3) is 0 Å². The van der Waals surface area contributed by atoms with E-state index in [9.17, 15) is 14.4 Å². The van der Waals surface area contributed by atoms with Gasteiger partial charge in [-0.25, -0.2) is 0 Å². The van der Waals surface area contributed by atoms with Crippen LogP contribution >= 0.6 is 0 Å². The van der Waals surface area contributed by atoms with E-state index in [1.54, 1.807) is 0 Å². The van der Waals surface area contributed by atoms with Gasteiger partial charge in [-0.1, -0.05) is 269 Å². The Morgan fingerprint density at radius 1 is 0.273 bits per heavy atom. The molecule has 0 N–H and O–H groups in total. The summed E-state index contributed by atoms with van der Waals surface area (Å²) < 4.78 is 16.8. The summed E-state index contributed by atoms with van der Waals surface area (Å²) in [5.41, 5.74) is 0. The molecule has 0 aliphatic rings. The Balaban J connectivity index is 4.27. The smallest absolute Gasteiger partial charge is 0.306 e. The third-order valence-corrected chi connectivity index (χ3v) is 12.8. The summed E-state index contributed by atoms with van der Waals surface area (Å²) in [5, 5.41) is 0. The molecule has 0 aliphatic carbocycles. The molecule has 1 unspecified atom stereocenters. The molecule has 0 fully saturated rings. The van der Waals surface area contributed by atoms with Crippen molar-refractivity contribution in [2.24, 2.45) is 0 Å². The zero-order valence-electron chi connectivity index (χ0n) is 49.7. The van der Waals surface area contributed by atoms with Crippen LogP contribution in [0.3, 0.4) is 0 Å². The first kappa shape index (κ1) is 72.3. The van der Waals surface area contributed by atoms with Crippen molar-refractivity contribution in [3.05, 3.63) is 146 Å². The van der Waals surface area contributed by atoms with E-state index in [0.717, 1.165) is 161 Å². The average Bonchev–Trinajstić information content (AvgIpc) is 3.43. The number of carbonyl (C=O) groups excluding carboxylic acids is 3. The van der Waals surface area contributed by atoms with Gasteiger partial charge in [0, 0.05) is 19.3 Å². The van der Waals surface area contributed by atoms with Crippen molar-refractivity contribution in [1.82, 2.24) is 0 Å². The minimum absolute atomic E-state index is 0.0911. The lowest BCUT2D eigenvalue weighted by atomic mass is 10.1. The van der Waals surface area contributed by atoms with E-state index >= 15 is 0 Å².